The first-order valence-electron chi connectivity index (χ1n) is 16.2. The Morgan fingerprint density at radius 3 is 1.45 bits per heavy atom. The molecule has 2 aromatic rings. The molecule has 0 spiro atoms. The van der Waals surface area contributed by atoms with Gasteiger partial charge >= 0.3 is 35.8 Å². The van der Waals surface area contributed by atoms with Crippen molar-refractivity contribution in [3.63, 3.8) is 0 Å². The van der Waals surface area contributed by atoms with Gasteiger partial charge in [0, 0.05) is 37.4 Å². The number of methoxy groups -OCH3 is 2. The molecule has 16 heteroatoms. The van der Waals surface area contributed by atoms with E-state index in [1.807, 2.05) is 24.3 Å². The van der Waals surface area contributed by atoms with E-state index in [2.05, 4.69) is 9.47 Å². The van der Waals surface area contributed by atoms with Crippen LogP contribution in [0.2, 0.25) is 0 Å². The van der Waals surface area contributed by atoms with Crippen LogP contribution in [-0.4, -0.2) is 111 Å². The average molecular weight is 741 g/mol. The zero-order chi connectivity index (χ0) is 39.6. The summed E-state index contributed by atoms with van der Waals surface area (Å²) in [6.07, 6.45) is 2.33. The van der Waals surface area contributed by atoms with Crippen molar-refractivity contribution in [1.29, 1.82) is 0 Å². The summed E-state index contributed by atoms with van der Waals surface area (Å²) in [6, 6.07) is 18.1. The third-order valence-electron chi connectivity index (χ3n) is 6.44. The summed E-state index contributed by atoms with van der Waals surface area (Å²) in [4.78, 5) is 96.0. The molecular weight excluding hydrogens is 696 g/mol. The molecule has 0 heterocycles. The highest BCUT2D eigenvalue weighted by Crippen LogP contribution is 2.09. The van der Waals surface area contributed by atoms with E-state index in [0.29, 0.717) is 0 Å². The minimum atomic E-state index is -1.15. The molecule has 0 radical (unpaired) electrons. The zero-order valence-electron chi connectivity index (χ0n) is 30.2. The zero-order valence-corrected chi connectivity index (χ0v) is 30.2. The lowest BCUT2D eigenvalue weighted by Gasteiger charge is -2.24. The molecule has 0 saturated heterocycles. The number of amides is 2. The Kier molecular flexibility index (Phi) is 21.6. The van der Waals surface area contributed by atoms with Gasteiger partial charge in [-0.05, 0) is 31.9 Å². The lowest BCUT2D eigenvalue weighted by molar-refractivity contribution is -0.159. The molecule has 0 aliphatic carbocycles. The third kappa shape index (κ3) is 19.6. The standard InChI is InChI=1S/C19H23NO7.C18H21NO7/c1-4-26-18(23)13-20(12-15-8-6-5-7-9-15)19(24)14(2)27-17(22)11-10-16(21)25-3;1-3-25-18(23)12-19(11-14-7-5-4-6-8-14)15(20)13-26-17(22)10-9-16(21)24-2/h5-11,14H,4,12-13H2,1-3H3;4-10H,3,11-13H2,1-2H3/b11-10+;10-9+. The van der Waals surface area contributed by atoms with Crippen LogP contribution in [0.15, 0.2) is 85.0 Å². The van der Waals surface area contributed by atoms with Crippen molar-refractivity contribution >= 4 is 47.6 Å². The van der Waals surface area contributed by atoms with Crippen LogP contribution in [0.4, 0.5) is 0 Å². The van der Waals surface area contributed by atoms with E-state index in [9.17, 15) is 38.4 Å². The summed E-state index contributed by atoms with van der Waals surface area (Å²) in [7, 11) is 2.33. The van der Waals surface area contributed by atoms with Crippen molar-refractivity contribution in [2.45, 2.75) is 40.0 Å². The van der Waals surface area contributed by atoms with Crippen LogP contribution in [0.3, 0.4) is 0 Å². The number of hydrogen-bond acceptors (Lipinski definition) is 14. The predicted molar refractivity (Wildman–Crippen MR) is 186 cm³/mol. The normalized spacial score (nSPS) is 10.9. The Morgan fingerprint density at radius 2 is 1.00 bits per heavy atom. The number of ether oxygens (including phenoxy) is 6. The molecule has 0 aliphatic rings. The van der Waals surface area contributed by atoms with Crippen LogP contribution in [0.25, 0.3) is 0 Å². The smallest absolute Gasteiger partial charge is 0.331 e. The molecule has 2 amide bonds. The second-order valence-electron chi connectivity index (χ2n) is 10.4. The van der Waals surface area contributed by atoms with Gasteiger partial charge in [-0.15, -0.1) is 0 Å². The first kappa shape index (κ1) is 44.7. The largest absolute Gasteiger partial charge is 0.466 e. The molecule has 2 rings (SSSR count). The summed E-state index contributed by atoms with van der Waals surface area (Å²) in [5.74, 6) is -5.45. The van der Waals surface area contributed by atoms with Crippen molar-refractivity contribution in [2.75, 3.05) is 47.1 Å². The Labute approximate surface area is 307 Å². The molecule has 0 bridgehead atoms. The SMILES string of the molecule is CCOC(=O)CN(Cc1ccccc1)C(=O)C(C)OC(=O)/C=C/C(=O)OC.CCOC(=O)CN(Cc1ccccc1)C(=O)COC(=O)/C=C/C(=O)OC. The highest BCUT2D eigenvalue weighted by Gasteiger charge is 2.26. The quantitative estimate of drug-likeness (QED) is 0.122. The maximum absolute atomic E-state index is 12.6. The fourth-order valence-electron chi connectivity index (χ4n) is 3.98. The van der Waals surface area contributed by atoms with E-state index in [1.165, 1.54) is 30.9 Å². The van der Waals surface area contributed by atoms with Gasteiger partial charge in [0.1, 0.15) is 13.1 Å². The molecule has 0 saturated carbocycles. The van der Waals surface area contributed by atoms with Gasteiger partial charge in [-0.2, -0.15) is 0 Å². The minimum Gasteiger partial charge on any atom is -0.466 e. The fourth-order valence-corrected chi connectivity index (χ4v) is 3.98. The average Bonchev–Trinajstić information content (AvgIpc) is 3.15. The number of esters is 6. The molecule has 1 atom stereocenters. The highest BCUT2D eigenvalue weighted by atomic mass is 16.6. The summed E-state index contributed by atoms with van der Waals surface area (Å²) < 4.78 is 28.2. The molecule has 53 heavy (non-hydrogen) atoms. The summed E-state index contributed by atoms with van der Waals surface area (Å²) >= 11 is 0. The van der Waals surface area contributed by atoms with Crippen LogP contribution in [0, 0.1) is 0 Å². The van der Waals surface area contributed by atoms with Crippen molar-refractivity contribution < 1.29 is 66.8 Å². The molecule has 0 N–H and O–H groups in total. The molecule has 1 unspecified atom stereocenters. The Balaban J connectivity index is 0.000000530. The molecule has 0 fully saturated rings. The van der Waals surface area contributed by atoms with E-state index in [-0.39, 0.29) is 39.4 Å². The maximum atomic E-state index is 12.6. The van der Waals surface area contributed by atoms with Gasteiger partial charge in [0.15, 0.2) is 12.7 Å². The molecule has 16 nitrogen and oxygen atoms in total. The Bertz CT molecular complexity index is 1570. The van der Waals surface area contributed by atoms with Crippen LogP contribution in [-0.2, 0) is 79.9 Å². The number of nitrogens with zero attached hydrogens (tertiary/aromatic N) is 2. The first-order chi connectivity index (χ1) is 25.3. The van der Waals surface area contributed by atoms with Gasteiger partial charge < -0.3 is 38.2 Å². The predicted octanol–water partition coefficient (Wildman–Crippen LogP) is 2.09. The minimum absolute atomic E-state index is 0.151. The second-order valence-corrected chi connectivity index (χ2v) is 10.4. The van der Waals surface area contributed by atoms with E-state index in [0.717, 1.165) is 35.4 Å². The van der Waals surface area contributed by atoms with Crippen molar-refractivity contribution in [3.05, 3.63) is 96.1 Å². The van der Waals surface area contributed by atoms with Crippen LogP contribution < -0.4 is 0 Å². The number of hydrogen-bond donors (Lipinski definition) is 0. The second kappa shape index (κ2) is 25.6. The number of benzene rings is 2. The van der Waals surface area contributed by atoms with Gasteiger partial charge in [0.2, 0.25) is 0 Å². The van der Waals surface area contributed by atoms with Gasteiger partial charge in [-0.1, -0.05) is 60.7 Å². The van der Waals surface area contributed by atoms with E-state index >= 15 is 0 Å². The van der Waals surface area contributed by atoms with Gasteiger partial charge in [-0.25, -0.2) is 19.2 Å². The van der Waals surface area contributed by atoms with Crippen molar-refractivity contribution in [1.82, 2.24) is 9.80 Å². The maximum Gasteiger partial charge on any atom is 0.331 e. The van der Waals surface area contributed by atoms with Gasteiger partial charge in [-0.3, -0.25) is 19.2 Å². The first-order valence-corrected chi connectivity index (χ1v) is 16.2. The van der Waals surface area contributed by atoms with E-state index in [4.69, 9.17) is 18.9 Å². The number of rotatable bonds is 18. The van der Waals surface area contributed by atoms with Crippen LogP contribution >= 0.6 is 0 Å². The molecule has 0 aromatic heterocycles. The van der Waals surface area contributed by atoms with Gasteiger partial charge in [0.05, 0.1) is 27.4 Å². The third-order valence-corrected chi connectivity index (χ3v) is 6.44. The number of carbonyl (C=O) groups is 8. The van der Waals surface area contributed by atoms with Crippen LogP contribution in [0.1, 0.15) is 31.9 Å². The van der Waals surface area contributed by atoms with E-state index < -0.39 is 60.3 Å². The summed E-state index contributed by atoms with van der Waals surface area (Å²) in [5, 5.41) is 0. The van der Waals surface area contributed by atoms with E-state index in [1.54, 1.807) is 50.2 Å². The molecule has 286 valence electrons. The molecule has 0 aliphatic heterocycles. The summed E-state index contributed by atoms with van der Waals surface area (Å²) in [5.41, 5.74) is 1.61. The van der Waals surface area contributed by atoms with Gasteiger partial charge in [0.25, 0.3) is 11.8 Å². The highest BCUT2D eigenvalue weighted by molar-refractivity contribution is 5.94. The topological polar surface area (TPSA) is 198 Å². The fraction of sp³-hybridized carbons (Fsp3) is 0.351. The molecular formula is C37H44N2O14. The summed E-state index contributed by atoms with van der Waals surface area (Å²) in [6.45, 7) is 4.29. The Hall–Kier alpha value is -6.32. The Morgan fingerprint density at radius 1 is 0.585 bits per heavy atom. The molecule has 2 aromatic carbocycles. The van der Waals surface area contributed by atoms with Crippen molar-refractivity contribution in [2.24, 2.45) is 0 Å². The van der Waals surface area contributed by atoms with Crippen molar-refractivity contribution in [3.8, 4) is 0 Å². The monoisotopic (exact) mass is 740 g/mol. The lowest BCUT2D eigenvalue weighted by atomic mass is 10.2. The lowest BCUT2D eigenvalue weighted by Crippen LogP contribution is -2.42. The number of carbonyl (C=O) groups excluding carboxylic acids is 8. The van der Waals surface area contributed by atoms with Crippen LogP contribution in [0.5, 0.6) is 0 Å².